The number of rotatable bonds is 5. The number of anilines is 1. The molecule has 0 aliphatic carbocycles. The summed E-state index contributed by atoms with van der Waals surface area (Å²) in [5.74, 6) is 1.31. The number of para-hydroxylation sites is 1. The lowest BCUT2D eigenvalue weighted by atomic mass is 10.1. The zero-order valence-electron chi connectivity index (χ0n) is 16.2. The molecule has 0 atom stereocenters. The van der Waals surface area contributed by atoms with Gasteiger partial charge in [0, 0.05) is 54.2 Å². The van der Waals surface area contributed by atoms with Crippen LogP contribution in [0.5, 0.6) is 5.75 Å². The molecule has 1 saturated heterocycles. The third-order valence-corrected chi connectivity index (χ3v) is 5.54. The van der Waals surface area contributed by atoms with Crippen LogP contribution in [0.2, 0.25) is 10.0 Å². The average Bonchev–Trinajstić information content (AvgIpc) is 2.79. The van der Waals surface area contributed by atoms with Crippen LogP contribution < -0.4 is 9.64 Å². The minimum atomic E-state index is -0.0494. The fourth-order valence-electron chi connectivity index (χ4n) is 3.33. The van der Waals surface area contributed by atoms with Gasteiger partial charge in [-0.25, -0.2) is 4.98 Å². The highest BCUT2D eigenvalue weighted by Crippen LogP contribution is 2.25. The van der Waals surface area contributed by atoms with E-state index in [1.807, 2.05) is 23.1 Å². The van der Waals surface area contributed by atoms with E-state index in [1.54, 1.807) is 42.9 Å². The van der Waals surface area contributed by atoms with Gasteiger partial charge in [0.05, 0.1) is 11.8 Å². The maximum Gasteiger partial charge on any atom is 0.257 e. The first-order chi connectivity index (χ1) is 14.6. The summed E-state index contributed by atoms with van der Waals surface area (Å²) in [7, 11) is 0. The Balaban J connectivity index is 1.42. The largest absolute Gasteiger partial charge is 0.488 e. The standard InChI is InChI=1S/C22H20Cl2N4O2/c23-17-6-5-16(19(24)13-17)15-30-20-4-2-1-3-18(20)22(29)28-11-9-27(10-12-28)21-14-25-7-8-26-21/h1-8,13-14H,9-12,15H2. The van der Waals surface area contributed by atoms with Crippen LogP contribution in [0.15, 0.2) is 61.1 Å². The number of aromatic nitrogens is 2. The van der Waals surface area contributed by atoms with Crippen LogP contribution in [0.4, 0.5) is 5.82 Å². The van der Waals surface area contributed by atoms with Gasteiger partial charge in [-0.2, -0.15) is 0 Å². The molecular formula is C22H20Cl2N4O2. The van der Waals surface area contributed by atoms with Crippen molar-refractivity contribution < 1.29 is 9.53 Å². The highest BCUT2D eigenvalue weighted by Gasteiger charge is 2.25. The Kier molecular flexibility index (Phi) is 6.35. The van der Waals surface area contributed by atoms with Crippen LogP contribution in [0.25, 0.3) is 0 Å². The summed E-state index contributed by atoms with van der Waals surface area (Å²) < 4.78 is 5.94. The maximum absolute atomic E-state index is 13.1. The smallest absolute Gasteiger partial charge is 0.257 e. The van der Waals surface area contributed by atoms with Crippen molar-refractivity contribution in [1.82, 2.24) is 14.9 Å². The molecule has 6 nitrogen and oxygen atoms in total. The van der Waals surface area contributed by atoms with Crippen LogP contribution in [0, 0.1) is 0 Å². The molecule has 1 aromatic heterocycles. The molecule has 1 aliphatic heterocycles. The predicted octanol–water partition coefficient (Wildman–Crippen LogP) is 4.32. The quantitative estimate of drug-likeness (QED) is 0.588. The maximum atomic E-state index is 13.1. The monoisotopic (exact) mass is 442 g/mol. The van der Waals surface area contributed by atoms with Gasteiger partial charge in [0.15, 0.2) is 0 Å². The highest BCUT2D eigenvalue weighted by molar-refractivity contribution is 6.35. The van der Waals surface area contributed by atoms with Crippen LogP contribution >= 0.6 is 23.2 Å². The van der Waals surface area contributed by atoms with Crippen molar-refractivity contribution in [1.29, 1.82) is 0 Å². The van der Waals surface area contributed by atoms with Crippen LogP contribution in [0.1, 0.15) is 15.9 Å². The Morgan fingerprint density at radius 3 is 2.57 bits per heavy atom. The van der Waals surface area contributed by atoms with Gasteiger partial charge < -0.3 is 14.5 Å². The molecule has 30 heavy (non-hydrogen) atoms. The second-order valence-electron chi connectivity index (χ2n) is 6.86. The number of carbonyl (C=O) groups excluding carboxylic acids is 1. The summed E-state index contributed by atoms with van der Waals surface area (Å²) in [5.41, 5.74) is 1.34. The number of nitrogens with zero attached hydrogens (tertiary/aromatic N) is 4. The molecule has 1 amide bonds. The molecule has 4 rings (SSSR count). The molecule has 0 spiro atoms. The number of piperazine rings is 1. The van der Waals surface area contributed by atoms with Crippen molar-refractivity contribution >= 4 is 34.9 Å². The molecular weight excluding hydrogens is 423 g/mol. The third kappa shape index (κ3) is 4.66. The highest BCUT2D eigenvalue weighted by atomic mass is 35.5. The lowest BCUT2D eigenvalue weighted by molar-refractivity contribution is 0.0741. The van der Waals surface area contributed by atoms with Crippen molar-refractivity contribution in [2.45, 2.75) is 6.61 Å². The second kappa shape index (κ2) is 9.32. The second-order valence-corrected chi connectivity index (χ2v) is 7.71. The molecule has 1 aliphatic rings. The minimum Gasteiger partial charge on any atom is -0.488 e. The van der Waals surface area contributed by atoms with Crippen LogP contribution in [0.3, 0.4) is 0 Å². The summed E-state index contributed by atoms with van der Waals surface area (Å²) in [6, 6.07) is 12.5. The van der Waals surface area contributed by atoms with E-state index in [0.717, 1.165) is 11.4 Å². The van der Waals surface area contributed by atoms with E-state index in [9.17, 15) is 4.79 Å². The molecule has 0 N–H and O–H groups in total. The van der Waals surface area contributed by atoms with Crippen molar-refractivity contribution in [3.63, 3.8) is 0 Å². The van der Waals surface area contributed by atoms with E-state index >= 15 is 0 Å². The topological polar surface area (TPSA) is 58.6 Å². The van der Waals surface area contributed by atoms with E-state index in [4.69, 9.17) is 27.9 Å². The minimum absolute atomic E-state index is 0.0494. The first-order valence-electron chi connectivity index (χ1n) is 9.58. The summed E-state index contributed by atoms with van der Waals surface area (Å²) in [6.45, 7) is 2.86. The number of amides is 1. The lowest BCUT2D eigenvalue weighted by Crippen LogP contribution is -2.49. The van der Waals surface area contributed by atoms with Crippen molar-refractivity contribution in [2.24, 2.45) is 0 Å². The Hall–Kier alpha value is -2.83. The normalized spacial score (nSPS) is 13.9. The van der Waals surface area contributed by atoms with E-state index in [0.29, 0.717) is 47.5 Å². The Labute approximate surface area is 185 Å². The molecule has 0 saturated carbocycles. The Morgan fingerprint density at radius 2 is 1.83 bits per heavy atom. The van der Waals surface area contributed by atoms with E-state index in [-0.39, 0.29) is 12.5 Å². The van der Waals surface area contributed by atoms with Crippen LogP contribution in [-0.4, -0.2) is 47.0 Å². The van der Waals surface area contributed by atoms with E-state index < -0.39 is 0 Å². The fraction of sp³-hybridized carbons (Fsp3) is 0.227. The summed E-state index contributed by atoms with van der Waals surface area (Å²) in [6.07, 6.45) is 5.06. The van der Waals surface area contributed by atoms with Crippen molar-refractivity contribution in [3.8, 4) is 5.75 Å². The zero-order valence-corrected chi connectivity index (χ0v) is 17.7. The number of hydrogen-bond acceptors (Lipinski definition) is 5. The Morgan fingerprint density at radius 1 is 1.03 bits per heavy atom. The van der Waals surface area contributed by atoms with Crippen molar-refractivity contribution in [3.05, 3.63) is 82.2 Å². The van der Waals surface area contributed by atoms with Gasteiger partial charge in [0.1, 0.15) is 18.2 Å². The molecule has 0 bridgehead atoms. The fourth-order valence-corrected chi connectivity index (χ4v) is 3.79. The molecule has 1 fully saturated rings. The van der Waals surface area contributed by atoms with Gasteiger partial charge in [-0.3, -0.25) is 9.78 Å². The van der Waals surface area contributed by atoms with E-state index in [2.05, 4.69) is 14.9 Å². The molecule has 2 aromatic carbocycles. The van der Waals surface area contributed by atoms with Gasteiger partial charge in [-0.05, 0) is 24.3 Å². The van der Waals surface area contributed by atoms with Gasteiger partial charge in [0.2, 0.25) is 0 Å². The summed E-state index contributed by atoms with van der Waals surface area (Å²) in [5, 5.41) is 1.10. The molecule has 0 radical (unpaired) electrons. The molecule has 2 heterocycles. The number of carbonyl (C=O) groups is 1. The van der Waals surface area contributed by atoms with Gasteiger partial charge in [-0.15, -0.1) is 0 Å². The SMILES string of the molecule is O=C(c1ccccc1OCc1ccc(Cl)cc1Cl)N1CCN(c2cnccn2)CC1. The summed E-state index contributed by atoms with van der Waals surface area (Å²) in [4.78, 5) is 25.5. The summed E-state index contributed by atoms with van der Waals surface area (Å²) >= 11 is 12.2. The Bertz CT molecular complexity index is 1020. The van der Waals surface area contributed by atoms with Crippen molar-refractivity contribution in [2.75, 3.05) is 31.1 Å². The molecule has 154 valence electrons. The number of ether oxygens (including phenoxy) is 1. The zero-order chi connectivity index (χ0) is 20.9. The predicted molar refractivity (Wildman–Crippen MR) is 117 cm³/mol. The van der Waals surface area contributed by atoms with Gasteiger partial charge in [-0.1, -0.05) is 41.4 Å². The lowest BCUT2D eigenvalue weighted by Gasteiger charge is -2.35. The third-order valence-electron chi connectivity index (χ3n) is 4.96. The average molecular weight is 443 g/mol. The first-order valence-corrected chi connectivity index (χ1v) is 10.3. The number of hydrogen-bond donors (Lipinski definition) is 0. The van der Waals surface area contributed by atoms with Gasteiger partial charge >= 0.3 is 0 Å². The first kappa shape index (κ1) is 20.4. The van der Waals surface area contributed by atoms with E-state index in [1.165, 1.54) is 0 Å². The molecule has 0 unspecified atom stereocenters. The van der Waals surface area contributed by atoms with Gasteiger partial charge in [0.25, 0.3) is 5.91 Å². The van der Waals surface area contributed by atoms with Crippen LogP contribution in [-0.2, 0) is 6.61 Å². The number of benzene rings is 2. The molecule has 3 aromatic rings. The molecule has 8 heteroatoms. The number of halogens is 2.